The Kier molecular flexibility index (Phi) is 3.23. The van der Waals surface area contributed by atoms with Gasteiger partial charge in [-0.15, -0.1) is 0 Å². The van der Waals surface area contributed by atoms with Crippen LogP contribution in [0.5, 0.6) is 0 Å². The van der Waals surface area contributed by atoms with Crippen molar-refractivity contribution in [2.75, 3.05) is 5.75 Å². The summed E-state index contributed by atoms with van der Waals surface area (Å²) in [6.45, 7) is 2.19. The lowest BCUT2D eigenvalue weighted by Crippen LogP contribution is -2.39. The number of aliphatic carboxylic acids is 1. The molecule has 1 fully saturated rings. The van der Waals surface area contributed by atoms with Gasteiger partial charge >= 0.3 is 5.97 Å². The van der Waals surface area contributed by atoms with Gasteiger partial charge < -0.3 is 9.67 Å². The summed E-state index contributed by atoms with van der Waals surface area (Å²) < 4.78 is 2.17. The number of hydrogen-bond acceptors (Lipinski definition) is 3. The maximum Gasteiger partial charge on any atom is 0.313 e. The predicted octanol–water partition coefficient (Wildman–Crippen LogP) is 2.35. The first kappa shape index (κ1) is 11.5. The molecule has 0 bridgehead atoms. The van der Waals surface area contributed by atoms with Crippen LogP contribution in [0.2, 0.25) is 0 Å². The molecule has 1 aliphatic rings. The predicted molar refractivity (Wildman–Crippen MR) is 62.7 cm³/mol. The van der Waals surface area contributed by atoms with Crippen LogP contribution in [0.1, 0.15) is 32.6 Å². The van der Waals surface area contributed by atoms with Gasteiger partial charge in [-0.3, -0.25) is 4.79 Å². The van der Waals surface area contributed by atoms with Gasteiger partial charge in [0.2, 0.25) is 0 Å². The maximum absolute atomic E-state index is 10.6. The van der Waals surface area contributed by atoms with Crippen molar-refractivity contribution in [1.82, 2.24) is 9.55 Å². The largest absolute Gasteiger partial charge is 0.481 e. The Morgan fingerprint density at radius 1 is 1.69 bits per heavy atom. The van der Waals surface area contributed by atoms with E-state index in [1.54, 1.807) is 6.20 Å². The summed E-state index contributed by atoms with van der Waals surface area (Å²) in [6, 6.07) is 0. The Morgan fingerprint density at radius 2 is 2.44 bits per heavy atom. The van der Waals surface area contributed by atoms with Crippen LogP contribution in [0.15, 0.2) is 17.6 Å². The number of nitrogens with zero attached hydrogens (tertiary/aromatic N) is 2. The summed E-state index contributed by atoms with van der Waals surface area (Å²) in [4.78, 5) is 14.8. The van der Waals surface area contributed by atoms with Gasteiger partial charge in [-0.2, -0.15) is 0 Å². The molecule has 2 rings (SSSR count). The van der Waals surface area contributed by atoms with Crippen molar-refractivity contribution >= 4 is 17.7 Å². The van der Waals surface area contributed by atoms with Gasteiger partial charge in [0.15, 0.2) is 5.16 Å². The summed E-state index contributed by atoms with van der Waals surface area (Å²) in [7, 11) is 0. The van der Waals surface area contributed by atoms with Crippen molar-refractivity contribution in [1.29, 1.82) is 0 Å². The molecule has 88 valence electrons. The van der Waals surface area contributed by atoms with Gasteiger partial charge in [0, 0.05) is 17.9 Å². The van der Waals surface area contributed by atoms with Crippen molar-refractivity contribution in [3.05, 3.63) is 12.4 Å². The summed E-state index contributed by atoms with van der Waals surface area (Å²) in [6.07, 6.45) is 8.45. The van der Waals surface area contributed by atoms with E-state index < -0.39 is 5.97 Å². The second kappa shape index (κ2) is 4.49. The molecule has 1 saturated carbocycles. The zero-order valence-corrected chi connectivity index (χ0v) is 10.2. The molecule has 1 heterocycles. The highest BCUT2D eigenvalue weighted by Crippen LogP contribution is 2.43. The molecular weight excluding hydrogens is 224 g/mol. The fourth-order valence-electron chi connectivity index (χ4n) is 2.23. The van der Waals surface area contributed by atoms with Crippen LogP contribution in [-0.2, 0) is 10.3 Å². The number of hydrogen-bond donors (Lipinski definition) is 1. The van der Waals surface area contributed by atoms with Crippen LogP contribution < -0.4 is 0 Å². The number of thioether (sulfide) groups is 1. The Hall–Kier alpha value is -0.970. The van der Waals surface area contributed by atoms with E-state index in [0.29, 0.717) is 0 Å². The molecule has 4 nitrogen and oxygen atoms in total. The number of carbonyl (C=O) groups is 1. The fourth-order valence-corrected chi connectivity index (χ4v) is 3.02. The first-order chi connectivity index (χ1) is 7.68. The Labute approximate surface area is 99.1 Å². The number of imidazole rings is 1. The van der Waals surface area contributed by atoms with E-state index in [9.17, 15) is 4.79 Å². The quantitative estimate of drug-likeness (QED) is 0.803. The van der Waals surface area contributed by atoms with Crippen LogP contribution in [0.25, 0.3) is 0 Å². The minimum absolute atomic E-state index is 0.0802. The van der Waals surface area contributed by atoms with Gasteiger partial charge in [0.1, 0.15) is 0 Å². The molecule has 0 atom stereocenters. The smallest absolute Gasteiger partial charge is 0.313 e. The lowest BCUT2D eigenvalue weighted by molar-refractivity contribution is -0.133. The van der Waals surface area contributed by atoms with Gasteiger partial charge in [-0.1, -0.05) is 18.7 Å². The normalized spacial score (nSPS) is 18.1. The van der Waals surface area contributed by atoms with Crippen molar-refractivity contribution < 1.29 is 9.90 Å². The lowest BCUT2D eigenvalue weighted by atomic mass is 9.74. The zero-order chi connectivity index (χ0) is 11.6. The molecule has 5 heteroatoms. The SMILES string of the molecule is CCC1(n2ccnc2SCC(=O)O)CCC1. The number of carboxylic acids is 1. The molecule has 1 aromatic heterocycles. The molecule has 0 radical (unpaired) electrons. The van der Waals surface area contributed by atoms with Gasteiger partial charge in [0.25, 0.3) is 0 Å². The van der Waals surface area contributed by atoms with Crippen molar-refractivity contribution in [3.8, 4) is 0 Å². The third-order valence-corrected chi connectivity index (χ3v) is 4.34. The number of carboxylic acid groups (broad SMARTS) is 1. The molecule has 0 aliphatic heterocycles. The lowest BCUT2D eigenvalue weighted by Gasteiger charge is -2.43. The summed E-state index contributed by atoms with van der Waals surface area (Å²) in [5.74, 6) is -0.713. The summed E-state index contributed by atoms with van der Waals surface area (Å²) in [5, 5.41) is 9.51. The Bertz CT molecular complexity index is 380. The van der Waals surface area contributed by atoms with E-state index in [1.807, 2.05) is 6.20 Å². The Balaban J connectivity index is 2.15. The summed E-state index contributed by atoms with van der Waals surface area (Å²) >= 11 is 1.31. The van der Waals surface area contributed by atoms with Crippen LogP contribution >= 0.6 is 11.8 Å². The average Bonchev–Trinajstić information content (AvgIpc) is 2.63. The summed E-state index contributed by atoms with van der Waals surface area (Å²) in [5.41, 5.74) is 0.206. The van der Waals surface area contributed by atoms with Gasteiger partial charge in [0.05, 0.1) is 5.75 Å². The highest BCUT2D eigenvalue weighted by Gasteiger charge is 2.38. The molecule has 1 N–H and O–H groups in total. The minimum Gasteiger partial charge on any atom is -0.481 e. The minimum atomic E-state index is -0.793. The standard InChI is InChI=1S/C11H16N2O2S/c1-2-11(4-3-5-11)13-7-6-12-10(13)16-8-9(14)15/h6-7H,2-5,8H2,1H3,(H,14,15). The molecule has 1 aromatic rings. The van der Waals surface area contributed by atoms with Crippen LogP contribution in [0.4, 0.5) is 0 Å². The second-order valence-corrected chi connectivity index (χ2v) is 5.14. The second-order valence-electron chi connectivity index (χ2n) is 4.19. The fraction of sp³-hybridized carbons (Fsp3) is 0.636. The van der Waals surface area contributed by atoms with E-state index in [1.165, 1.54) is 31.0 Å². The van der Waals surface area contributed by atoms with E-state index in [-0.39, 0.29) is 11.3 Å². The Morgan fingerprint density at radius 3 is 2.94 bits per heavy atom. The van der Waals surface area contributed by atoms with E-state index >= 15 is 0 Å². The monoisotopic (exact) mass is 240 g/mol. The average molecular weight is 240 g/mol. The van der Waals surface area contributed by atoms with E-state index in [2.05, 4.69) is 16.5 Å². The van der Waals surface area contributed by atoms with Crippen molar-refractivity contribution in [2.24, 2.45) is 0 Å². The highest BCUT2D eigenvalue weighted by molar-refractivity contribution is 7.99. The molecule has 0 saturated heterocycles. The van der Waals surface area contributed by atoms with E-state index in [0.717, 1.165) is 11.6 Å². The molecule has 0 unspecified atom stereocenters. The third kappa shape index (κ3) is 1.96. The highest BCUT2D eigenvalue weighted by atomic mass is 32.2. The zero-order valence-electron chi connectivity index (χ0n) is 9.35. The molecule has 0 aromatic carbocycles. The number of rotatable bonds is 5. The topological polar surface area (TPSA) is 55.1 Å². The molecule has 16 heavy (non-hydrogen) atoms. The van der Waals surface area contributed by atoms with Crippen LogP contribution in [0.3, 0.4) is 0 Å². The van der Waals surface area contributed by atoms with Crippen molar-refractivity contribution in [2.45, 2.75) is 43.3 Å². The molecule has 0 spiro atoms. The number of aromatic nitrogens is 2. The first-order valence-corrected chi connectivity index (χ1v) is 6.55. The van der Waals surface area contributed by atoms with Crippen LogP contribution in [-0.4, -0.2) is 26.4 Å². The first-order valence-electron chi connectivity index (χ1n) is 5.56. The van der Waals surface area contributed by atoms with Crippen molar-refractivity contribution in [3.63, 3.8) is 0 Å². The van der Waals surface area contributed by atoms with Gasteiger partial charge in [-0.05, 0) is 25.7 Å². The molecule has 1 aliphatic carbocycles. The molecular formula is C11H16N2O2S. The maximum atomic E-state index is 10.6. The van der Waals surface area contributed by atoms with E-state index in [4.69, 9.17) is 5.11 Å². The third-order valence-electron chi connectivity index (χ3n) is 3.38. The molecule has 0 amide bonds. The van der Waals surface area contributed by atoms with Crippen LogP contribution in [0, 0.1) is 0 Å². The van der Waals surface area contributed by atoms with Gasteiger partial charge in [-0.25, -0.2) is 4.98 Å².